The van der Waals surface area contributed by atoms with Gasteiger partial charge in [0.2, 0.25) is 5.78 Å². The zero-order chi connectivity index (χ0) is 11.9. The topological polar surface area (TPSA) is 30.2 Å². The van der Waals surface area contributed by atoms with E-state index in [9.17, 15) is 9.18 Å². The van der Waals surface area contributed by atoms with Crippen LogP contribution in [0.5, 0.6) is 0 Å². The molecule has 2 rings (SSSR count). The van der Waals surface area contributed by atoms with E-state index in [1.807, 2.05) is 0 Å². The molecule has 0 aliphatic heterocycles. The molecule has 0 radical (unpaired) electrons. The Labute approximate surface area is 92.4 Å². The Kier molecular flexibility index (Phi) is 2.38. The van der Waals surface area contributed by atoms with E-state index in [2.05, 4.69) is 6.58 Å². The van der Waals surface area contributed by atoms with Crippen LogP contribution >= 0.6 is 0 Å². The summed E-state index contributed by atoms with van der Waals surface area (Å²) in [5, 5.41) is 0.629. The van der Waals surface area contributed by atoms with E-state index in [-0.39, 0.29) is 17.4 Å². The van der Waals surface area contributed by atoms with E-state index in [0.29, 0.717) is 22.1 Å². The Morgan fingerprint density at radius 1 is 1.44 bits per heavy atom. The van der Waals surface area contributed by atoms with Crippen molar-refractivity contribution in [2.45, 2.75) is 13.8 Å². The summed E-state index contributed by atoms with van der Waals surface area (Å²) in [5.41, 5.74) is 1.58. The zero-order valence-electron chi connectivity index (χ0n) is 9.13. The molecule has 0 fully saturated rings. The molecule has 82 valence electrons. The van der Waals surface area contributed by atoms with Crippen molar-refractivity contribution in [2.75, 3.05) is 0 Å². The average molecular weight is 218 g/mol. The highest BCUT2D eigenvalue weighted by atomic mass is 19.1. The van der Waals surface area contributed by atoms with E-state index in [0.717, 1.165) is 0 Å². The zero-order valence-corrected chi connectivity index (χ0v) is 9.13. The maximum absolute atomic E-state index is 13.0. The number of Topliss-reactive ketones (excluding diaryl/α,β-unsaturated/α-hetero) is 1. The number of furan rings is 1. The molecule has 0 aliphatic rings. The summed E-state index contributed by atoms with van der Waals surface area (Å²) in [5.74, 6) is -0.340. The number of carbonyl (C=O) groups is 1. The lowest BCUT2D eigenvalue weighted by atomic mass is 10.1. The Morgan fingerprint density at radius 2 is 2.12 bits per heavy atom. The van der Waals surface area contributed by atoms with Gasteiger partial charge in [-0.1, -0.05) is 6.58 Å². The molecule has 0 N–H and O–H groups in total. The van der Waals surface area contributed by atoms with Gasteiger partial charge in [-0.2, -0.15) is 0 Å². The third-order valence-corrected chi connectivity index (χ3v) is 2.49. The molecule has 0 spiro atoms. The van der Waals surface area contributed by atoms with Gasteiger partial charge in [0, 0.05) is 10.9 Å². The lowest BCUT2D eigenvalue weighted by molar-refractivity contribution is 0.101. The SMILES string of the molecule is C=C(C)C(=O)c1oc2ccc(F)cc2c1C. The molecule has 0 bridgehead atoms. The summed E-state index contributed by atoms with van der Waals surface area (Å²) in [6.07, 6.45) is 0. The van der Waals surface area contributed by atoms with Gasteiger partial charge in [-0.25, -0.2) is 4.39 Å². The molecule has 1 aromatic carbocycles. The predicted molar refractivity (Wildman–Crippen MR) is 60.1 cm³/mol. The number of rotatable bonds is 2. The van der Waals surface area contributed by atoms with Crippen molar-refractivity contribution in [3.63, 3.8) is 0 Å². The van der Waals surface area contributed by atoms with Gasteiger partial charge in [-0.05, 0) is 37.6 Å². The average Bonchev–Trinajstić information content (AvgIpc) is 2.55. The van der Waals surface area contributed by atoms with E-state index >= 15 is 0 Å². The third kappa shape index (κ3) is 1.54. The fourth-order valence-electron chi connectivity index (χ4n) is 1.60. The van der Waals surface area contributed by atoms with Crippen molar-refractivity contribution in [3.05, 3.63) is 47.5 Å². The summed E-state index contributed by atoms with van der Waals surface area (Å²) in [6, 6.07) is 4.19. The largest absolute Gasteiger partial charge is 0.452 e. The lowest BCUT2D eigenvalue weighted by Gasteiger charge is -1.95. The van der Waals surface area contributed by atoms with Crippen molar-refractivity contribution in [2.24, 2.45) is 0 Å². The maximum Gasteiger partial charge on any atom is 0.223 e. The molecule has 0 unspecified atom stereocenters. The van der Waals surface area contributed by atoms with Crippen molar-refractivity contribution in [3.8, 4) is 0 Å². The minimum absolute atomic E-state index is 0.242. The van der Waals surface area contributed by atoms with Crippen LogP contribution in [0.15, 0.2) is 34.8 Å². The van der Waals surface area contributed by atoms with Crippen LogP contribution in [0, 0.1) is 12.7 Å². The first-order valence-corrected chi connectivity index (χ1v) is 4.89. The smallest absolute Gasteiger partial charge is 0.223 e. The second-order valence-corrected chi connectivity index (χ2v) is 3.81. The third-order valence-electron chi connectivity index (χ3n) is 2.49. The van der Waals surface area contributed by atoms with Gasteiger partial charge in [0.25, 0.3) is 0 Å². The second-order valence-electron chi connectivity index (χ2n) is 3.81. The van der Waals surface area contributed by atoms with Crippen LogP contribution in [0.3, 0.4) is 0 Å². The van der Waals surface area contributed by atoms with E-state index in [1.165, 1.54) is 18.2 Å². The highest BCUT2D eigenvalue weighted by Gasteiger charge is 2.18. The van der Waals surface area contributed by atoms with Gasteiger partial charge in [-0.3, -0.25) is 4.79 Å². The second kappa shape index (κ2) is 3.59. The molecular weight excluding hydrogens is 207 g/mol. The van der Waals surface area contributed by atoms with Crippen LogP contribution in [0.4, 0.5) is 4.39 Å². The molecule has 2 nitrogen and oxygen atoms in total. The molecule has 0 atom stereocenters. The molecular formula is C13H11FO2. The number of carbonyl (C=O) groups excluding carboxylic acids is 1. The van der Waals surface area contributed by atoms with Crippen LogP contribution in [-0.4, -0.2) is 5.78 Å². The normalized spacial score (nSPS) is 10.7. The number of hydrogen-bond donors (Lipinski definition) is 0. The minimum atomic E-state index is -0.342. The maximum atomic E-state index is 13.0. The molecule has 1 heterocycles. The first-order valence-electron chi connectivity index (χ1n) is 4.89. The van der Waals surface area contributed by atoms with Crippen LogP contribution in [0.25, 0.3) is 11.0 Å². The van der Waals surface area contributed by atoms with Gasteiger partial charge in [-0.15, -0.1) is 0 Å². The number of hydrogen-bond acceptors (Lipinski definition) is 2. The Morgan fingerprint density at radius 3 is 2.75 bits per heavy atom. The van der Waals surface area contributed by atoms with Crippen molar-refractivity contribution in [1.29, 1.82) is 0 Å². The highest BCUT2D eigenvalue weighted by molar-refractivity contribution is 6.09. The number of fused-ring (bicyclic) bond motifs is 1. The standard InChI is InChI=1S/C13H11FO2/c1-7(2)12(15)13-8(3)10-6-9(14)4-5-11(10)16-13/h4-6H,1H2,2-3H3. The number of halogens is 1. The summed E-state index contributed by atoms with van der Waals surface area (Å²) in [7, 11) is 0. The van der Waals surface area contributed by atoms with Gasteiger partial charge < -0.3 is 4.42 Å². The number of ketones is 1. The minimum Gasteiger partial charge on any atom is -0.452 e. The molecule has 0 saturated carbocycles. The summed E-state index contributed by atoms with van der Waals surface area (Å²) < 4.78 is 18.4. The van der Waals surface area contributed by atoms with Gasteiger partial charge in [0.05, 0.1) is 0 Å². The Hall–Kier alpha value is -1.90. The molecule has 1 aromatic heterocycles. The van der Waals surface area contributed by atoms with Crippen LogP contribution < -0.4 is 0 Å². The van der Waals surface area contributed by atoms with Crippen LogP contribution in [0.2, 0.25) is 0 Å². The van der Waals surface area contributed by atoms with Crippen LogP contribution in [-0.2, 0) is 0 Å². The fourth-order valence-corrected chi connectivity index (χ4v) is 1.60. The van der Waals surface area contributed by atoms with Crippen LogP contribution in [0.1, 0.15) is 23.0 Å². The molecule has 2 aromatic rings. The fraction of sp³-hybridized carbons (Fsp3) is 0.154. The van der Waals surface area contributed by atoms with Gasteiger partial charge in [0.15, 0.2) is 5.76 Å². The summed E-state index contributed by atoms with van der Waals surface area (Å²) in [6.45, 7) is 6.93. The molecule has 0 amide bonds. The monoisotopic (exact) mass is 218 g/mol. The number of allylic oxidation sites excluding steroid dienone is 1. The quantitative estimate of drug-likeness (QED) is 0.569. The van der Waals surface area contributed by atoms with Crippen molar-refractivity contribution in [1.82, 2.24) is 0 Å². The number of benzene rings is 1. The molecule has 16 heavy (non-hydrogen) atoms. The Bertz CT molecular complexity index is 593. The molecule has 0 aliphatic carbocycles. The van der Waals surface area contributed by atoms with Crippen molar-refractivity contribution >= 4 is 16.8 Å². The number of aryl methyl sites for hydroxylation is 1. The van der Waals surface area contributed by atoms with Gasteiger partial charge >= 0.3 is 0 Å². The van der Waals surface area contributed by atoms with E-state index in [4.69, 9.17) is 4.42 Å². The predicted octanol–water partition coefficient (Wildman–Crippen LogP) is 3.64. The molecule has 3 heteroatoms. The highest BCUT2D eigenvalue weighted by Crippen LogP contribution is 2.27. The summed E-state index contributed by atoms with van der Waals surface area (Å²) in [4.78, 5) is 11.7. The van der Waals surface area contributed by atoms with Crippen molar-refractivity contribution < 1.29 is 13.6 Å². The van der Waals surface area contributed by atoms with E-state index < -0.39 is 0 Å². The summed E-state index contributed by atoms with van der Waals surface area (Å²) >= 11 is 0. The first-order chi connectivity index (χ1) is 7.50. The Balaban J connectivity index is 2.69. The lowest BCUT2D eigenvalue weighted by Crippen LogP contribution is -1.99. The van der Waals surface area contributed by atoms with E-state index in [1.54, 1.807) is 13.8 Å². The molecule has 0 saturated heterocycles. The van der Waals surface area contributed by atoms with Gasteiger partial charge in [0.1, 0.15) is 11.4 Å². The first kappa shape index (κ1) is 10.6.